The van der Waals surface area contributed by atoms with E-state index in [2.05, 4.69) is 17.3 Å². The molecule has 0 spiro atoms. The smallest absolute Gasteiger partial charge is 0.0646 e. The van der Waals surface area contributed by atoms with Gasteiger partial charge in [0.25, 0.3) is 0 Å². The fourth-order valence-electron chi connectivity index (χ4n) is 1.77. The van der Waals surface area contributed by atoms with Crippen molar-refractivity contribution in [2.75, 3.05) is 6.61 Å². The maximum atomic E-state index is 8.84. The molecule has 2 aromatic rings. The van der Waals surface area contributed by atoms with E-state index in [9.17, 15) is 0 Å². The number of benzene rings is 1. The minimum Gasteiger partial charge on any atom is -0.396 e. The van der Waals surface area contributed by atoms with Crippen molar-refractivity contribution >= 4 is 11.6 Å². The summed E-state index contributed by atoms with van der Waals surface area (Å²) in [7, 11) is 0. The third-order valence-electron chi connectivity index (χ3n) is 2.94. The lowest BCUT2D eigenvalue weighted by molar-refractivity contribution is 0.268. The van der Waals surface area contributed by atoms with E-state index in [1.807, 2.05) is 41.3 Å². The third-order valence-corrected chi connectivity index (χ3v) is 3.20. The molecule has 2 N–H and O–H groups in total. The molecule has 102 valence electrons. The van der Waals surface area contributed by atoms with Gasteiger partial charge in [0.2, 0.25) is 0 Å². The number of nitrogens with zero attached hydrogens (tertiary/aromatic N) is 2. The highest BCUT2D eigenvalue weighted by Crippen LogP contribution is 2.13. The Balaban J connectivity index is 1.97. The zero-order valence-electron chi connectivity index (χ0n) is 10.9. The molecule has 5 heteroatoms. The average Bonchev–Trinajstić information content (AvgIpc) is 2.86. The van der Waals surface area contributed by atoms with Crippen LogP contribution in [0.5, 0.6) is 0 Å². The van der Waals surface area contributed by atoms with Crippen LogP contribution in [0.4, 0.5) is 0 Å². The number of aliphatic hydroxyl groups is 1. The standard InChI is InChI=1S/C14H18ClN3O/c1-11(6-7-19)16-8-12-9-17-18(10-12)14-4-2-13(15)3-5-14/h2-5,9-11,16,19H,6-8H2,1H3. The maximum Gasteiger partial charge on any atom is 0.0646 e. The molecule has 1 aromatic carbocycles. The van der Waals surface area contributed by atoms with E-state index in [1.165, 1.54) is 0 Å². The van der Waals surface area contributed by atoms with Gasteiger partial charge in [-0.05, 0) is 37.6 Å². The molecule has 4 nitrogen and oxygen atoms in total. The van der Waals surface area contributed by atoms with Gasteiger partial charge in [-0.1, -0.05) is 11.6 Å². The number of nitrogens with one attached hydrogen (secondary N) is 1. The predicted molar refractivity (Wildman–Crippen MR) is 76.6 cm³/mol. The van der Waals surface area contributed by atoms with Crippen molar-refractivity contribution in [3.05, 3.63) is 47.2 Å². The topological polar surface area (TPSA) is 50.1 Å². The van der Waals surface area contributed by atoms with Gasteiger partial charge in [0.15, 0.2) is 0 Å². The van der Waals surface area contributed by atoms with E-state index in [1.54, 1.807) is 0 Å². The Morgan fingerprint density at radius 2 is 2.11 bits per heavy atom. The monoisotopic (exact) mass is 279 g/mol. The highest BCUT2D eigenvalue weighted by Gasteiger charge is 2.04. The largest absolute Gasteiger partial charge is 0.396 e. The van der Waals surface area contributed by atoms with Crippen LogP contribution >= 0.6 is 11.6 Å². The molecule has 0 aliphatic heterocycles. The van der Waals surface area contributed by atoms with Crippen LogP contribution in [0.25, 0.3) is 5.69 Å². The van der Waals surface area contributed by atoms with Crippen molar-refractivity contribution in [1.29, 1.82) is 0 Å². The summed E-state index contributed by atoms with van der Waals surface area (Å²) in [4.78, 5) is 0. The lowest BCUT2D eigenvalue weighted by Crippen LogP contribution is -2.26. The summed E-state index contributed by atoms with van der Waals surface area (Å²) in [5.41, 5.74) is 2.10. The van der Waals surface area contributed by atoms with E-state index in [0.29, 0.717) is 6.04 Å². The van der Waals surface area contributed by atoms with Crippen molar-refractivity contribution in [2.45, 2.75) is 25.9 Å². The zero-order valence-corrected chi connectivity index (χ0v) is 11.6. The molecule has 0 aliphatic carbocycles. The van der Waals surface area contributed by atoms with Crippen molar-refractivity contribution in [3.63, 3.8) is 0 Å². The average molecular weight is 280 g/mol. The molecule has 19 heavy (non-hydrogen) atoms. The Morgan fingerprint density at radius 3 is 2.79 bits per heavy atom. The molecule has 0 radical (unpaired) electrons. The molecule has 1 aromatic heterocycles. The van der Waals surface area contributed by atoms with Gasteiger partial charge in [-0.2, -0.15) is 5.10 Å². The van der Waals surface area contributed by atoms with Gasteiger partial charge in [0, 0.05) is 36.0 Å². The Morgan fingerprint density at radius 1 is 1.37 bits per heavy atom. The summed E-state index contributed by atoms with van der Waals surface area (Å²) in [6.07, 6.45) is 4.58. The highest BCUT2D eigenvalue weighted by molar-refractivity contribution is 6.30. The number of halogens is 1. The number of hydrogen-bond donors (Lipinski definition) is 2. The van der Waals surface area contributed by atoms with E-state index in [-0.39, 0.29) is 6.61 Å². The first kappa shape index (κ1) is 14.1. The highest BCUT2D eigenvalue weighted by atomic mass is 35.5. The second-order valence-corrected chi connectivity index (χ2v) is 5.00. The molecular weight excluding hydrogens is 262 g/mol. The number of aliphatic hydroxyl groups excluding tert-OH is 1. The summed E-state index contributed by atoms with van der Waals surface area (Å²) in [6, 6.07) is 7.85. The van der Waals surface area contributed by atoms with Crippen LogP contribution in [0, 0.1) is 0 Å². The SMILES string of the molecule is CC(CCO)NCc1cnn(-c2ccc(Cl)cc2)c1. The van der Waals surface area contributed by atoms with Crippen LogP contribution in [-0.4, -0.2) is 27.5 Å². The first-order valence-electron chi connectivity index (χ1n) is 6.33. The van der Waals surface area contributed by atoms with Gasteiger partial charge in [-0.25, -0.2) is 4.68 Å². The van der Waals surface area contributed by atoms with Gasteiger partial charge in [0.1, 0.15) is 0 Å². The van der Waals surface area contributed by atoms with E-state index >= 15 is 0 Å². The van der Waals surface area contributed by atoms with E-state index in [4.69, 9.17) is 16.7 Å². The Hall–Kier alpha value is -1.36. The summed E-state index contributed by atoms with van der Waals surface area (Å²) in [5.74, 6) is 0. The zero-order chi connectivity index (χ0) is 13.7. The fraction of sp³-hybridized carbons (Fsp3) is 0.357. The molecule has 0 aliphatic rings. The van der Waals surface area contributed by atoms with Crippen molar-refractivity contribution < 1.29 is 5.11 Å². The van der Waals surface area contributed by atoms with Crippen molar-refractivity contribution in [1.82, 2.24) is 15.1 Å². The van der Waals surface area contributed by atoms with Gasteiger partial charge in [0.05, 0.1) is 11.9 Å². The van der Waals surface area contributed by atoms with Gasteiger partial charge >= 0.3 is 0 Å². The van der Waals surface area contributed by atoms with Gasteiger partial charge < -0.3 is 10.4 Å². The minimum absolute atomic E-state index is 0.207. The third kappa shape index (κ3) is 4.06. The maximum absolute atomic E-state index is 8.84. The predicted octanol–water partition coefficient (Wildman–Crippen LogP) is 2.39. The molecule has 1 heterocycles. The molecule has 2 rings (SSSR count). The first-order valence-corrected chi connectivity index (χ1v) is 6.70. The molecular formula is C14H18ClN3O. The number of rotatable bonds is 6. The van der Waals surface area contributed by atoms with Crippen molar-refractivity contribution in [3.8, 4) is 5.69 Å². The minimum atomic E-state index is 0.207. The first-order chi connectivity index (χ1) is 9.19. The molecule has 0 bridgehead atoms. The van der Waals surface area contributed by atoms with E-state index in [0.717, 1.165) is 29.2 Å². The van der Waals surface area contributed by atoms with Crippen LogP contribution < -0.4 is 5.32 Å². The molecule has 0 saturated carbocycles. The van der Waals surface area contributed by atoms with Crippen LogP contribution in [-0.2, 0) is 6.54 Å². The summed E-state index contributed by atoms with van der Waals surface area (Å²) >= 11 is 5.86. The molecule has 1 atom stereocenters. The number of hydrogen-bond acceptors (Lipinski definition) is 3. The fourth-order valence-corrected chi connectivity index (χ4v) is 1.90. The van der Waals surface area contributed by atoms with Crippen LogP contribution in [0.2, 0.25) is 5.02 Å². The second kappa shape index (κ2) is 6.70. The van der Waals surface area contributed by atoms with E-state index < -0.39 is 0 Å². The van der Waals surface area contributed by atoms with Crippen LogP contribution in [0.15, 0.2) is 36.7 Å². The Kier molecular flexibility index (Phi) is 4.96. The van der Waals surface area contributed by atoms with Crippen molar-refractivity contribution in [2.24, 2.45) is 0 Å². The normalized spacial score (nSPS) is 12.6. The van der Waals surface area contributed by atoms with Gasteiger partial charge in [-0.3, -0.25) is 0 Å². The Bertz CT molecular complexity index is 510. The Labute approximate surface area is 118 Å². The lowest BCUT2D eigenvalue weighted by Gasteiger charge is -2.10. The molecule has 0 fully saturated rings. The molecule has 0 saturated heterocycles. The quantitative estimate of drug-likeness (QED) is 0.854. The summed E-state index contributed by atoms with van der Waals surface area (Å²) < 4.78 is 1.82. The lowest BCUT2D eigenvalue weighted by atomic mass is 10.2. The summed E-state index contributed by atoms with van der Waals surface area (Å²) in [5, 5.41) is 17.2. The van der Waals surface area contributed by atoms with Crippen LogP contribution in [0.3, 0.4) is 0 Å². The van der Waals surface area contributed by atoms with Gasteiger partial charge in [-0.15, -0.1) is 0 Å². The molecule has 0 amide bonds. The van der Waals surface area contributed by atoms with Crippen LogP contribution in [0.1, 0.15) is 18.9 Å². The number of aromatic nitrogens is 2. The molecule has 1 unspecified atom stereocenters. The second-order valence-electron chi connectivity index (χ2n) is 4.56. The summed E-state index contributed by atoms with van der Waals surface area (Å²) in [6.45, 7) is 3.01.